The van der Waals surface area contributed by atoms with Gasteiger partial charge in [0, 0.05) is 31.1 Å². The lowest BCUT2D eigenvalue weighted by Gasteiger charge is -2.23. The smallest absolute Gasteiger partial charge is 0.229 e. The number of hydrogen-bond donors (Lipinski definition) is 1. The number of likely N-dealkylation sites (tertiary alicyclic amines) is 1. The summed E-state index contributed by atoms with van der Waals surface area (Å²) in [5.74, 6) is 0.799. The zero-order chi connectivity index (χ0) is 13.5. The molecule has 20 heavy (non-hydrogen) atoms. The molecule has 104 valence electrons. The van der Waals surface area contributed by atoms with Gasteiger partial charge in [-0.15, -0.1) is 0 Å². The van der Waals surface area contributed by atoms with Crippen molar-refractivity contribution in [2.45, 2.75) is 18.9 Å². The van der Waals surface area contributed by atoms with E-state index in [9.17, 15) is 4.79 Å². The fourth-order valence-electron chi connectivity index (χ4n) is 3.47. The van der Waals surface area contributed by atoms with Crippen molar-refractivity contribution in [2.24, 2.45) is 5.92 Å². The van der Waals surface area contributed by atoms with Gasteiger partial charge in [-0.05, 0) is 24.5 Å². The second-order valence-electron chi connectivity index (χ2n) is 5.66. The predicted octanol–water partition coefficient (Wildman–Crippen LogP) is 1.19. The molecule has 1 N–H and O–H groups in total. The van der Waals surface area contributed by atoms with Crippen LogP contribution >= 0.6 is 0 Å². The average molecular weight is 271 g/mol. The van der Waals surface area contributed by atoms with Crippen LogP contribution in [0.25, 0.3) is 11.0 Å². The Hall–Kier alpha value is -1.88. The molecule has 0 bridgehead atoms. The van der Waals surface area contributed by atoms with Crippen molar-refractivity contribution in [2.75, 3.05) is 19.6 Å². The van der Waals surface area contributed by atoms with Crippen LogP contribution in [-0.2, 0) is 11.2 Å². The van der Waals surface area contributed by atoms with Crippen LogP contribution in [0.15, 0.2) is 28.8 Å². The van der Waals surface area contributed by atoms with E-state index in [0.29, 0.717) is 18.4 Å². The largest absolute Gasteiger partial charge is 0.356 e. The molecule has 0 saturated carbocycles. The highest BCUT2D eigenvalue weighted by molar-refractivity contribution is 5.86. The first-order valence-electron chi connectivity index (χ1n) is 7.16. The Bertz CT molecular complexity index is 651. The monoisotopic (exact) mass is 271 g/mol. The van der Waals surface area contributed by atoms with Crippen molar-refractivity contribution in [1.82, 2.24) is 15.4 Å². The predicted molar refractivity (Wildman–Crippen MR) is 74.2 cm³/mol. The average Bonchev–Trinajstić information content (AvgIpc) is 3.13. The fraction of sp³-hybridized carbons (Fsp3) is 0.467. The summed E-state index contributed by atoms with van der Waals surface area (Å²) in [6.45, 7) is 2.85. The maximum absolute atomic E-state index is 12.5. The Morgan fingerprint density at radius 3 is 3.25 bits per heavy atom. The van der Waals surface area contributed by atoms with E-state index in [0.717, 1.165) is 42.7 Å². The summed E-state index contributed by atoms with van der Waals surface area (Å²) >= 11 is 0. The van der Waals surface area contributed by atoms with Crippen molar-refractivity contribution in [1.29, 1.82) is 0 Å². The number of nitrogens with zero attached hydrogens (tertiary/aromatic N) is 2. The highest BCUT2D eigenvalue weighted by atomic mass is 16.5. The molecule has 1 aromatic heterocycles. The van der Waals surface area contributed by atoms with Gasteiger partial charge < -0.3 is 14.7 Å². The van der Waals surface area contributed by atoms with Crippen LogP contribution in [0.2, 0.25) is 0 Å². The first-order chi connectivity index (χ1) is 9.83. The van der Waals surface area contributed by atoms with E-state index in [1.807, 2.05) is 29.2 Å². The van der Waals surface area contributed by atoms with E-state index in [2.05, 4.69) is 10.5 Å². The number of amides is 1. The lowest BCUT2D eigenvalue weighted by atomic mass is 10.0. The molecule has 1 amide bonds. The molecule has 2 aromatic rings. The number of carbonyl (C=O) groups excluding carboxylic acids is 1. The molecular weight excluding hydrogens is 254 g/mol. The van der Waals surface area contributed by atoms with E-state index in [-0.39, 0.29) is 5.91 Å². The highest BCUT2D eigenvalue weighted by Crippen LogP contribution is 2.28. The van der Waals surface area contributed by atoms with Crippen molar-refractivity contribution in [3.8, 4) is 0 Å². The minimum absolute atomic E-state index is 0.167. The van der Waals surface area contributed by atoms with Crippen molar-refractivity contribution >= 4 is 16.9 Å². The summed E-state index contributed by atoms with van der Waals surface area (Å²) in [5.41, 5.74) is 1.50. The number of fused-ring (bicyclic) bond motifs is 2. The SMILES string of the molecule is O=C(Cc1noc2ccccc12)N1CC[C@H]2CNC[C@H]21. The summed E-state index contributed by atoms with van der Waals surface area (Å²) in [5, 5.41) is 8.37. The van der Waals surface area contributed by atoms with Gasteiger partial charge in [0.2, 0.25) is 5.91 Å². The summed E-state index contributed by atoms with van der Waals surface area (Å²) in [6.07, 6.45) is 1.45. The number of para-hydroxylation sites is 1. The van der Waals surface area contributed by atoms with Crippen LogP contribution in [-0.4, -0.2) is 41.6 Å². The maximum Gasteiger partial charge on any atom is 0.229 e. The van der Waals surface area contributed by atoms with Crippen LogP contribution < -0.4 is 5.32 Å². The summed E-state index contributed by atoms with van der Waals surface area (Å²) in [7, 11) is 0. The summed E-state index contributed by atoms with van der Waals surface area (Å²) < 4.78 is 5.27. The Kier molecular flexibility index (Phi) is 2.73. The van der Waals surface area contributed by atoms with Crippen molar-refractivity contribution in [3.63, 3.8) is 0 Å². The minimum atomic E-state index is 0.167. The highest BCUT2D eigenvalue weighted by Gasteiger charge is 2.39. The second kappa shape index (κ2) is 4.59. The molecule has 5 nitrogen and oxygen atoms in total. The van der Waals surface area contributed by atoms with Crippen LogP contribution in [0, 0.1) is 5.92 Å². The normalized spacial score (nSPS) is 25.3. The van der Waals surface area contributed by atoms with Gasteiger partial charge in [0.1, 0.15) is 5.69 Å². The Balaban J connectivity index is 1.55. The van der Waals surface area contributed by atoms with Gasteiger partial charge in [-0.3, -0.25) is 4.79 Å². The number of benzene rings is 1. The van der Waals surface area contributed by atoms with E-state index in [1.54, 1.807) is 0 Å². The molecule has 1 aromatic carbocycles. The molecule has 5 heteroatoms. The molecule has 0 spiro atoms. The standard InChI is InChI=1S/C15H17N3O2/c19-15(18-6-5-10-8-16-9-13(10)18)7-12-11-3-1-2-4-14(11)20-17-12/h1-4,10,13,16H,5-9H2/t10-,13+/m0/s1. The Morgan fingerprint density at radius 2 is 2.30 bits per heavy atom. The molecule has 2 fully saturated rings. The molecule has 2 atom stereocenters. The van der Waals surface area contributed by atoms with E-state index in [4.69, 9.17) is 4.52 Å². The number of hydrogen-bond acceptors (Lipinski definition) is 4. The van der Waals surface area contributed by atoms with Gasteiger partial charge in [-0.1, -0.05) is 17.3 Å². The van der Waals surface area contributed by atoms with Crippen molar-refractivity contribution in [3.05, 3.63) is 30.0 Å². The van der Waals surface area contributed by atoms with Crippen LogP contribution in [0.4, 0.5) is 0 Å². The molecule has 2 aliphatic rings. The number of rotatable bonds is 2. The quantitative estimate of drug-likeness (QED) is 0.891. The summed E-state index contributed by atoms with van der Waals surface area (Å²) in [6, 6.07) is 8.07. The van der Waals surface area contributed by atoms with Crippen molar-refractivity contribution < 1.29 is 9.32 Å². The van der Waals surface area contributed by atoms with E-state index in [1.165, 1.54) is 0 Å². The first kappa shape index (κ1) is 11.9. The molecule has 3 heterocycles. The molecule has 2 saturated heterocycles. The molecule has 0 radical (unpaired) electrons. The molecule has 0 unspecified atom stereocenters. The van der Waals surface area contributed by atoms with Crippen LogP contribution in [0.5, 0.6) is 0 Å². The van der Waals surface area contributed by atoms with Gasteiger partial charge in [0.25, 0.3) is 0 Å². The van der Waals surface area contributed by atoms with Gasteiger partial charge in [-0.2, -0.15) is 0 Å². The topological polar surface area (TPSA) is 58.4 Å². The molecule has 4 rings (SSSR count). The van der Waals surface area contributed by atoms with E-state index >= 15 is 0 Å². The molecular formula is C15H17N3O2. The Labute approximate surface area is 116 Å². The van der Waals surface area contributed by atoms with Gasteiger partial charge in [0.15, 0.2) is 5.58 Å². The molecule has 0 aliphatic carbocycles. The Morgan fingerprint density at radius 1 is 1.40 bits per heavy atom. The number of aromatic nitrogens is 1. The zero-order valence-electron chi connectivity index (χ0n) is 11.2. The van der Waals surface area contributed by atoms with Crippen LogP contribution in [0.1, 0.15) is 12.1 Å². The minimum Gasteiger partial charge on any atom is -0.356 e. The fourth-order valence-corrected chi connectivity index (χ4v) is 3.47. The maximum atomic E-state index is 12.5. The van der Waals surface area contributed by atoms with Gasteiger partial charge in [-0.25, -0.2) is 0 Å². The lowest BCUT2D eigenvalue weighted by molar-refractivity contribution is -0.131. The number of nitrogens with one attached hydrogen (secondary N) is 1. The summed E-state index contributed by atoms with van der Waals surface area (Å²) in [4.78, 5) is 14.5. The van der Waals surface area contributed by atoms with E-state index < -0.39 is 0 Å². The second-order valence-corrected chi connectivity index (χ2v) is 5.66. The third-order valence-electron chi connectivity index (χ3n) is 4.54. The lowest BCUT2D eigenvalue weighted by Crippen LogP contribution is -2.39. The van der Waals surface area contributed by atoms with Crippen LogP contribution in [0.3, 0.4) is 0 Å². The third-order valence-corrected chi connectivity index (χ3v) is 4.54. The zero-order valence-corrected chi connectivity index (χ0v) is 11.2. The molecule has 2 aliphatic heterocycles. The first-order valence-corrected chi connectivity index (χ1v) is 7.16. The third kappa shape index (κ3) is 1.81. The number of carbonyl (C=O) groups is 1. The van der Waals surface area contributed by atoms with Gasteiger partial charge in [0.05, 0.1) is 6.42 Å². The van der Waals surface area contributed by atoms with Gasteiger partial charge >= 0.3 is 0 Å².